The van der Waals surface area contributed by atoms with Gasteiger partial charge < -0.3 is 10.6 Å². The highest BCUT2D eigenvalue weighted by Crippen LogP contribution is 2.15. The predicted octanol–water partition coefficient (Wildman–Crippen LogP) is 2.85. The minimum absolute atomic E-state index is 0.249. The van der Waals surface area contributed by atoms with E-state index in [9.17, 15) is 4.79 Å². The summed E-state index contributed by atoms with van der Waals surface area (Å²) in [4.78, 5) is 24.4. The second-order valence-corrected chi connectivity index (χ2v) is 5.32. The fourth-order valence-corrected chi connectivity index (χ4v) is 2.19. The summed E-state index contributed by atoms with van der Waals surface area (Å²) in [5.74, 6) is 0.325. The number of hydrogen-bond acceptors (Lipinski definition) is 5. The molecule has 2 N–H and O–H groups in total. The number of benzene rings is 1. The summed E-state index contributed by atoms with van der Waals surface area (Å²) in [5, 5.41) is 6.01. The summed E-state index contributed by atoms with van der Waals surface area (Å²) in [6, 6.07) is 13.3. The van der Waals surface area contributed by atoms with Gasteiger partial charge in [0.1, 0.15) is 17.8 Å². The van der Waals surface area contributed by atoms with Gasteiger partial charge in [0.15, 0.2) is 0 Å². The number of nitrogens with zero attached hydrogens (tertiary/aromatic N) is 3. The van der Waals surface area contributed by atoms with Gasteiger partial charge in [0.05, 0.1) is 0 Å². The Kier molecular flexibility index (Phi) is 4.76. The molecule has 0 saturated heterocycles. The van der Waals surface area contributed by atoms with Crippen molar-refractivity contribution in [2.24, 2.45) is 0 Å². The highest BCUT2D eigenvalue weighted by Gasteiger charge is 2.08. The van der Waals surface area contributed by atoms with Crippen molar-refractivity contribution in [3.8, 4) is 0 Å². The second-order valence-electron chi connectivity index (χ2n) is 5.32. The van der Waals surface area contributed by atoms with Crippen LogP contribution in [0.2, 0.25) is 0 Å². The lowest BCUT2D eigenvalue weighted by molar-refractivity contribution is 0.0946. The van der Waals surface area contributed by atoms with Crippen LogP contribution >= 0.6 is 0 Å². The molecule has 3 aromatic rings. The number of pyridine rings is 1. The third-order valence-corrected chi connectivity index (χ3v) is 3.39. The molecule has 0 fully saturated rings. The molecule has 2 heterocycles. The molecular formula is C18H17N5O. The Morgan fingerprint density at radius 2 is 1.92 bits per heavy atom. The summed E-state index contributed by atoms with van der Waals surface area (Å²) in [6.45, 7) is 2.44. The maximum atomic E-state index is 12.2. The van der Waals surface area contributed by atoms with E-state index in [0.717, 1.165) is 16.8 Å². The number of amides is 1. The molecule has 0 radical (unpaired) electrons. The van der Waals surface area contributed by atoms with Crippen molar-refractivity contribution in [1.82, 2.24) is 20.3 Å². The lowest BCUT2D eigenvalue weighted by Crippen LogP contribution is -2.24. The van der Waals surface area contributed by atoms with Crippen molar-refractivity contribution in [2.75, 3.05) is 5.32 Å². The van der Waals surface area contributed by atoms with E-state index >= 15 is 0 Å². The van der Waals surface area contributed by atoms with E-state index in [1.807, 2.05) is 43.3 Å². The highest BCUT2D eigenvalue weighted by atomic mass is 16.1. The first kappa shape index (κ1) is 15.6. The highest BCUT2D eigenvalue weighted by molar-refractivity contribution is 5.92. The van der Waals surface area contributed by atoms with Crippen LogP contribution in [0.15, 0.2) is 61.2 Å². The van der Waals surface area contributed by atoms with Crippen molar-refractivity contribution in [2.45, 2.75) is 13.5 Å². The molecular weight excluding hydrogens is 302 g/mol. The first-order valence-electron chi connectivity index (χ1n) is 7.53. The van der Waals surface area contributed by atoms with Crippen molar-refractivity contribution in [3.63, 3.8) is 0 Å². The van der Waals surface area contributed by atoms with Crippen LogP contribution in [-0.2, 0) is 6.54 Å². The molecule has 0 unspecified atom stereocenters. The van der Waals surface area contributed by atoms with Gasteiger partial charge in [-0.15, -0.1) is 0 Å². The van der Waals surface area contributed by atoms with E-state index in [-0.39, 0.29) is 5.91 Å². The third kappa shape index (κ3) is 4.13. The molecule has 0 aliphatic rings. The van der Waals surface area contributed by atoms with Gasteiger partial charge in [-0.2, -0.15) is 0 Å². The Hall–Kier alpha value is -3.28. The lowest BCUT2D eigenvalue weighted by atomic mass is 10.2. The normalized spacial score (nSPS) is 10.2. The number of carbonyl (C=O) groups excluding carboxylic acids is 1. The zero-order valence-electron chi connectivity index (χ0n) is 13.2. The van der Waals surface area contributed by atoms with E-state index in [1.54, 1.807) is 18.5 Å². The van der Waals surface area contributed by atoms with Crippen LogP contribution in [0, 0.1) is 6.92 Å². The van der Waals surface area contributed by atoms with Gasteiger partial charge in [0, 0.05) is 30.7 Å². The van der Waals surface area contributed by atoms with Gasteiger partial charge in [0.25, 0.3) is 5.91 Å². The zero-order chi connectivity index (χ0) is 16.8. The summed E-state index contributed by atoms with van der Waals surface area (Å²) < 4.78 is 0. The van der Waals surface area contributed by atoms with Crippen LogP contribution in [0.5, 0.6) is 0 Å². The Bertz CT molecular complexity index is 836. The van der Waals surface area contributed by atoms with Crippen molar-refractivity contribution < 1.29 is 4.79 Å². The minimum atomic E-state index is -0.249. The van der Waals surface area contributed by atoms with Gasteiger partial charge in [-0.1, -0.05) is 12.1 Å². The van der Waals surface area contributed by atoms with E-state index < -0.39 is 0 Å². The number of anilines is 2. The van der Waals surface area contributed by atoms with Crippen molar-refractivity contribution >= 4 is 17.4 Å². The van der Waals surface area contributed by atoms with Crippen molar-refractivity contribution in [3.05, 3.63) is 78.0 Å². The van der Waals surface area contributed by atoms with Gasteiger partial charge >= 0.3 is 0 Å². The molecule has 120 valence electrons. The van der Waals surface area contributed by atoms with E-state index in [2.05, 4.69) is 25.6 Å². The molecule has 0 bridgehead atoms. The van der Waals surface area contributed by atoms with Crippen LogP contribution in [0.3, 0.4) is 0 Å². The Morgan fingerprint density at radius 3 is 2.71 bits per heavy atom. The molecule has 1 amide bonds. The van der Waals surface area contributed by atoms with Gasteiger partial charge in [-0.3, -0.25) is 9.78 Å². The van der Waals surface area contributed by atoms with E-state index in [1.165, 1.54) is 6.33 Å². The lowest BCUT2D eigenvalue weighted by Gasteiger charge is -2.08. The predicted molar refractivity (Wildman–Crippen MR) is 91.9 cm³/mol. The quantitative estimate of drug-likeness (QED) is 0.756. The largest absolute Gasteiger partial charge is 0.347 e. The first-order valence-corrected chi connectivity index (χ1v) is 7.53. The molecule has 0 spiro atoms. The average Bonchev–Trinajstić information content (AvgIpc) is 2.61. The van der Waals surface area contributed by atoms with E-state index in [0.29, 0.717) is 18.1 Å². The van der Waals surface area contributed by atoms with Gasteiger partial charge in [-0.05, 0) is 42.3 Å². The zero-order valence-corrected chi connectivity index (χ0v) is 13.2. The summed E-state index contributed by atoms with van der Waals surface area (Å²) in [5.41, 5.74) is 3.35. The van der Waals surface area contributed by atoms with Crippen LogP contribution in [0.25, 0.3) is 0 Å². The maximum absolute atomic E-state index is 12.2. The summed E-state index contributed by atoms with van der Waals surface area (Å²) >= 11 is 0. The molecule has 3 rings (SSSR count). The number of carbonyl (C=O) groups is 1. The molecule has 6 heteroatoms. The fourth-order valence-electron chi connectivity index (χ4n) is 2.19. The Balaban J connectivity index is 1.67. The average molecular weight is 319 g/mol. The molecule has 0 saturated carbocycles. The van der Waals surface area contributed by atoms with Crippen LogP contribution in [0.1, 0.15) is 21.6 Å². The third-order valence-electron chi connectivity index (χ3n) is 3.39. The summed E-state index contributed by atoms with van der Waals surface area (Å²) in [6.07, 6.45) is 4.76. The Morgan fingerprint density at radius 1 is 1.08 bits per heavy atom. The first-order chi connectivity index (χ1) is 11.7. The van der Waals surface area contributed by atoms with Crippen molar-refractivity contribution in [1.29, 1.82) is 0 Å². The second kappa shape index (κ2) is 7.32. The SMILES string of the molecule is Cc1cccc(Nc2cc(C(=O)NCc3ccncc3)ncn2)c1. The molecule has 0 atom stereocenters. The topological polar surface area (TPSA) is 79.8 Å². The molecule has 0 aliphatic heterocycles. The van der Waals surface area contributed by atoms with Gasteiger partial charge in [-0.25, -0.2) is 9.97 Å². The number of hydrogen-bond donors (Lipinski definition) is 2. The molecule has 0 aliphatic carbocycles. The Labute approximate surface area is 140 Å². The number of rotatable bonds is 5. The number of aromatic nitrogens is 3. The molecule has 2 aromatic heterocycles. The monoisotopic (exact) mass is 319 g/mol. The standard InChI is InChI=1S/C18H17N5O/c1-13-3-2-4-15(9-13)23-17-10-16(21-12-22-17)18(24)20-11-14-5-7-19-8-6-14/h2-10,12H,11H2,1H3,(H,20,24)(H,21,22,23). The number of nitrogens with one attached hydrogen (secondary N) is 2. The molecule has 24 heavy (non-hydrogen) atoms. The maximum Gasteiger partial charge on any atom is 0.270 e. The van der Waals surface area contributed by atoms with Crippen LogP contribution in [0.4, 0.5) is 11.5 Å². The summed E-state index contributed by atoms with van der Waals surface area (Å²) in [7, 11) is 0. The molecule has 1 aromatic carbocycles. The smallest absolute Gasteiger partial charge is 0.270 e. The molecule has 6 nitrogen and oxygen atoms in total. The fraction of sp³-hybridized carbons (Fsp3) is 0.111. The van der Waals surface area contributed by atoms with Gasteiger partial charge in [0.2, 0.25) is 0 Å². The van der Waals surface area contributed by atoms with E-state index in [4.69, 9.17) is 0 Å². The van der Waals surface area contributed by atoms with Crippen LogP contribution in [-0.4, -0.2) is 20.9 Å². The minimum Gasteiger partial charge on any atom is -0.347 e. The number of aryl methyl sites for hydroxylation is 1. The van der Waals surface area contributed by atoms with Crippen LogP contribution < -0.4 is 10.6 Å².